The minimum absolute atomic E-state index is 0.0305. The van der Waals surface area contributed by atoms with Gasteiger partial charge in [0.1, 0.15) is 5.82 Å². The second kappa shape index (κ2) is 7.19. The summed E-state index contributed by atoms with van der Waals surface area (Å²) in [5.74, 6) is -0.407. The first-order valence-electron chi connectivity index (χ1n) is 6.08. The summed E-state index contributed by atoms with van der Waals surface area (Å²) in [7, 11) is 1.58. The first-order valence-corrected chi connectivity index (χ1v) is 6.08. The van der Waals surface area contributed by atoms with Gasteiger partial charge in [-0.1, -0.05) is 6.07 Å². The molecule has 0 bridgehead atoms. The summed E-state index contributed by atoms with van der Waals surface area (Å²) in [6.45, 7) is 2.68. The average Bonchev–Trinajstić information content (AvgIpc) is 2.38. The second-order valence-electron chi connectivity index (χ2n) is 4.74. The van der Waals surface area contributed by atoms with Crippen LogP contribution in [0.1, 0.15) is 24.5 Å². The second-order valence-corrected chi connectivity index (χ2v) is 4.74. The lowest BCUT2D eigenvalue weighted by Crippen LogP contribution is -2.46. The van der Waals surface area contributed by atoms with Crippen molar-refractivity contribution in [3.63, 3.8) is 0 Å². The van der Waals surface area contributed by atoms with Crippen LogP contribution in [0.25, 0.3) is 0 Å². The van der Waals surface area contributed by atoms with Crippen molar-refractivity contribution in [2.75, 3.05) is 20.3 Å². The van der Waals surface area contributed by atoms with Crippen molar-refractivity contribution in [1.29, 1.82) is 5.26 Å². The Morgan fingerprint density at radius 2 is 2.26 bits per heavy atom. The normalized spacial score (nSPS) is 13.8. The summed E-state index contributed by atoms with van der Waals surface area (Å²) in [4.78, 5) is 0. The van der Waals surface area contributed by atoms with Gasteiger partial charge in [0, 0.05) is 31.4 Å². The maximum absolute atomic E-state index is 13.7. The highest BCUT2D eigenvalue weighted by molar-refractivity contribution is 5.32. The first kappa shape index (κ1) is 15.6. The summed E-state index contributed by atoms with van der Waals surface area (Å²) in [6, 6.07) is 6.29. The van der Waals surface area contributed by atoms with Crippen LogP contribution in [0.3, 0.4) is 0 Å². The molecule has 19 heavy (non-hydrogen) atoms. The number of methoxy groups -OCH3 is 1. The molecule has 0 aliphatic carbocycles. The highest BCUT2D eigenvalue weighted by atomic mass is 19.1. The zero-order chi connectivity index (χ0) is 14.3. The molecule has 0 aliphatic rings. The van der Waals surface area contributed by atoms with Gasteiger partial charge in [-0.2, -0.15) is 5.26 Å². The average molecular weight is 266 g/mol. The molecule has 104 valence electrons. The fourth-order valence-corrected chi connectivity index (χ4v) is 1.85. The lowest BCUT2D eigenvalue weighted by atomic mass is 9.98. The summed E-state index contributed by atoms with van der Waals surface area (Å²) in [6.07, 6.45) is 0.513. The highest BCUT2D eigenvalue weighted by Crippen LogP contribution is 2.14. The third-order valence-electron chi connectivity index (χ3n) is 3.01. The van der Waals surface area contributed by atoms with E-state index in [1.165, 1.54) is 6.07 Å². The molecule has 4 nitrogen and oxygen atoms in total. The minimum Gasteiger partial charge on any atom is -0.396 e. The van der Waals surface area contributed by atoms with Crippen LogP contribution >= 0.6 is 0 Å². The van der Waals surface area contributed by atoms with Crippen LogP contribution in [0.15, 0.2) is 18.2 Å². The third-order valence-corrected chi connectivity index (χ3v) is 3.01. The van der Waals surface area contributed by atoms with E-state index in [1.807, 2.05) is 13.0 Å². The van der Waals surface area contributed by atoms with Crippen molar-refractivity contribution in [2.24, 2.45) is 0 Å². The molecule has 0 saturated carbocycles. The molecular formula is C14H19FN2O2. The van der Waals surface area contributed by atoms with E-state index >= 15 is 0 Å². The topological polar surface area (TPSA) is 65.3 Å². The Morgan fingerprint density at radius 3 is 2.79 bits per heavy atom. The maximum Gasteiger partial charge on any atom is 0.129 e. The van der Waals surface area contributed by atoms with E-state index < -0.39 is 11.4 Å². The molecule has 1 rings (SSSR count). The summed E-state index contributed by atoms with van der Waals surface area (Å²) in [5, 5.41) is 20.9. The number of halogens is 1. The Balaban J connectivity index is 2.72. The highest BCUT2D eigenvalue weighted by Gasteiger charge is 2.23. The monoisotopic (exact) mass is 266 g/mol. The van der Waals surface area contributed by atoms with E-state index in [1.54, 1.807) is 19.2 Å². The van der Waals surface area contributed by atoms with Crippen LogP contribution in [-0.2, 0) is 11.3 Å². The molecule has 1 atom stereocenters. The first-order chi connectivity index (χ1) is 9.04. The molecule has 0 heterocycles. The van der Waals surface area contributed by atoms with E-state index in [0.29, 0.717) is 30.7 Å². The van der Waals surface area contributed by atoms with E-state index in [9.17, 15) is 4.39 Å². The molecule has 0 spiro atoms. The van der Waals surface area contributed by atoms with Gasteiger partial charge in [0.05, 0.1) is 18.2 Å². The number of aliphatic hydroxyl groups is 1. The number of nitrogens with zero attached hydrogens (tertiary/aromatic N) is 1. The molecule has 0 aliphatic heterocycles. The molecule has 5 heteroatoms. The Hall–Kier alpha value is -1.48. The standard InChI is InChI=1S/C14H19FN2O2/c1-14(5-6-18,10-19-2)17-9-12-4-3-11(8-16)7-13(12)15/h3-4,7,17-18H,5-6,9-10H2,1-2H3. The molecular weight excluding hydrogens is 247 g/mol. The van der Waals surface area contributed by atoms with Gasteiger partial charge in [-0.05, 0) is 25.5 Å². The largest absolute Gasteiger partial charge is 0.396 e. The van der Waals surface area contributed by atoms with Crippen LogP contribution < -0.4 is 5.32 Å². The predicted octanol–water partition coefficient (Wildman–Crippen LogP) is 1.57. The van der Waals surface area contributed by atoms with Crippen molar-refractivity contribution in [3.05, 3.63) is 35.1 Å². The number of nitriles is 1. The van der Waals surface area contributed by atoms with Crippen molar-refractivity contribution in [1.82, 2.24) is 5.32 Å². The van der Waals surface area contributed by atoms with Gasteiger partial charge < -0.3 is 15.2 Å². The number of rotatable bonds is 7. The van der Waals surface area contributed by atoms with Crippen molar-refractivity contribution >= 4 is 0 Å². The lowest BCUT2D eigenvalue weighted by molar-refractivity contribution is 0.0967. The number of ether oxygens (including phenoxy) is 1. The molecule has 1 aromatic rings. The van der Waals surface area contributed by atoms with Crippen molar-refractivity contribution < 1.29 is 14.2 Å². The van der Waals surface area contributed by atoms with Crippen molar-refractivity contribution in [2.45, 2.75) is 25.4 Å². The molecule has 0 saturated heterocycles. The predicted molar refractivity (Wildman–Crippen MR) is 69.9 cm³/mol. The molecule has 0 fully saturated rings. The number of hydrogen-bond donors (Lipinski definition) is 2. The fourth-order valence-electron chi connectivity index (χ4n) is 1.85. The van der Waals surface area contributed by atoms with Crippen molar-refractivity contribution in [3.8, 4) is 6.07 Å². The molecule has 0 amide bonds. The van der Waals surface area contributed by atoms with E-state index in [4.69, 9.17) is 15.1 Å². The lowest BCUT2D eigenvalue weighted by Gasteiger charge is -2.29. The zero-order valence-electron chi connectivity index (χ0n) is 11.2. The quantitative estimate of drug-likeness (QED) is 0.786. The van der Waals surface area contributed by atoms with E-state index in [2.05, 4.69) is 5.32 Å². The van der Waals surface area contributed by atoms with Crippen LogP contribution in [-0.4, -0.2) is 31.0 Å². The van der Waals surface area contributed by atoms with Gasteiger partial charge in [-0.15, -0.1) is 0 Å². The van der Waals surface area contributed by atoms with Crippen LogP contribution in [0.4, 0.5) is 4.39 Å². The minimum atomic E-state index is -0.413. The third kappa shape index (κ3) is 4.60. The zero-order valence-corrected chi connectivity index (χ0v) is 11.2. The molecule has 2 N–H and O–H groups in total. The Morgan fingerprint density at radius 1 is 1.53 bits per heavy atom. The van der Waals surface area contributed by atoms with Crippen LogP contribution in [0.2, 0.25) is 0 Å². The summed E-state index contributed by atoms with van der Waals surface area (Å²) < 4.78 is 18.8. The van der Waals surface area contributed by atoms with Gasteiger partial charge in [-0.3, -0.25) is 0 Å². The molecule has 1 aromatic carbocycles. The van der Waals surface area contributed by atoms with Gasteiger partial charge in [0.2, 0.25) is 0 Å². The smallest absolute Gasteiger partial charge is 0.129 e. The summed E-state index contributed by atoms with van der Waals surface area (Å²) in [5.41, 5.74) is 0.375. The summed E-state index contributed by atoms with van der Waals surface area (Å²) >= 11 is 0. The molecule has 0 radical (unpaired) electrons. The fraction of sp³-hybridized carbons (Fsp3) is 0.500. The van der Waals surface area contributed by atoms with Crippen LogP contribution in [0, 0.1) is 17.1 Å². The van der Waals surface area contributed by atoms with Gasteiger partial charge in [-0.25, -0.2) is 4.39 Å². The molecule has 1 unspecified atom stereocenters. The molecule has 0 aromatic heterocycles. The number of benzene rings is 1. The van der Waals surface area contributed by atoms with Gasteiger partial charge in [0.25, 0.3) is 0 Å². The Bertz CT molecular complexity index is 451. The number of aliphatic hydroxyl groups excluding tert-OH is 1. The Kier molecular flexibility index (Phi) is 5.90. The number of nitrogens with one attached hydrogen (secondary N) is 1. The van der Waals surface area contributed by atoms with E-state index in [-0.39, 0.29) is 6.61 Å². The maximum atomic E-state index is 13.7. The van der Waals surface area contributed by atoms with Gasteiger partial charge in [0.15, 0.2) is 0 Å². The SMILES string of the molecule is COCC(C)(CCO)NCc1ccc(C#N)cc1F. The van der Waals surface area contributed by atoms with Gasteiger partial charge >= 0.3 is 0 Å². The Labute approximate surface area is 112 Å². The number of hydrogen-bond acceptors (Lipinski definition) is 4. The van der Waals surface area contributed by atoms with Crippen LogP contribution in [0.5, 0.6) is 0 Å². The van der Waals surface area contributed by atoms with E-state index in [0.717, 1.165) is 0 Å².